The minimum absolute atomic E-state index is 0.282. The van der Waals surface area contributed by atoms with Gasteiger partial charge in [0, 0.05) is 37.3 Å². The molecule has 0 N–H and O–H groups in total. The Bertz CT molecular complexity index is 482. The lowest BCUT2D eigenvalue weighted by Gasteiger charge is -2.41. The maximum Gasteiger partial charge on any atom is 0.137 e. The third-order valence-corrected chi connectivity index (χ3v) is 5.22. The summed E-state index contributed by atoms with van der Waals surface area (Å²) in [5, 5.41) is 0. The number of carbonyl (C=O) groups excluding carboxylic acids is 1. The monoisotopic (exact) mass is 289 g/mol. The van der Waals surface area contributed by atoms with Gasteiger partial charge in [-0.2, -0.15) is 0 Å². The highest BCUT2D eigenvalue weighted by molar-refractivity contribution is 5.82. The Balaban J connectivity index is 1.73. The van der Waals surface area contributed by atoms with Crippen LogP contribution in [0.3, 0.4) is 0 Å². The van der Waals surface area contributed by atoms with E-state index in [2.05, 4.69) is 27.6 Å². The summed E-state index contributed by atoms with van der Waals surface area (Å²) >= 11 is 0. The zero-order chi connectivity index (χ0) is 14.7. The summed E-state index contributed by atoms with van der Waals surface area (Å²) in [6, 6.07) is 0.452. The predicted octanol–water partition coefficient (Wildman–Crippen LogP) is 3.02. The molecule has 2 aliphatic rings. The van der Waals surface area contributed by atoms with E-state index in [1.54, 1.807) is 0 Å². The fourth-order valence-electron chi connectivity index (χ4n) is 4.05. The van der Waals surface area contributed by atoms with Gasteiger partial charge in [0.2, 0.25) is 0 Å². The molecule has 2 fully saturated rings. The van der Waals surface area contributed by atoms with Gasteiger partial charge in [-0.3, -0.25) is 9.69 Å². The maximum absolute atomic E-state index is 12.3. The van der Waals surface area contributed by atoms with Crippen LogP contribution < -0.4 is 0 Å². The maximum atomic E-state index is 12.3. The van der Waals surface area contributed by atoms with E-state index in [0.29, 0.717) is 11.8 Å². The number of hydrogen-bond acceptors (Lipinski definition) is 3. The van der Waals surface area contributed by atoms with Crippen LogP contribution in [0.2, 0.25) is 0 Å². The number of hydrogen-bond donors (Lipinski definition) is 0. The van der Waals surface area contributed by atoms with Crippen LogP contribution in [0.1, 0.15) is 57.7 Å². The molecule has 4 nitrogen and oxygen atoms in total. The summed E-state index contributed by atoms with van der Waals surface area (Å²) in [7, 11) is 0. The molecule has 2 atom stereocenters. The highest BCUT2D eigenvalue weighted by Crippen LogP contribution is 2.32. The first kappa shape index (κ1) is 14.8. The second-order valence-corrected chi connectivity index (χ2v) is 6.48. The van der Waals surface area contributed by atoms with Crippen LogP contribution in [0, 0.1) is 5.92 Å². The average molecular weight is 289 g/mol. The molecule has 1 aliphatic carbocycles. The minimum Gasteiger partial charge on any atom is -0.334 e. The highest BCUT2D eigenvalue weighted by Gasteiger charge is 2.35. The van der Waals surface area contributed by atoms with Crippen LogP contribution in [0.5, 0.6) is 0 Å². The van der Waals surface area contributed by atoms with Gasteiger partial charge in [-0.05, 0) is 39.2 Å². The van der Waals surface area contributed by atoms with Crippen molar-refractivity contribution in [2.24, 2.45) is 5.92 Å². The van der Waals surface area contributed by atoms with E-state index < -0.39 is 0 Å². The predicted molar refractivity (Wildman–Crippen MR) is 82.9 cm³/mol. The molecular formula is C17H27N3O. The van der Waals surface area contributed by atoms with Crippen molar-refractivity contribution in [3.8, 4) is 0 Å². The van der Waals surface area contributed by atoms with Crippen molar-refractivity contribution in [1.82, 2.24) is 14.5 Å². The van der Waals surface area contributed by atoms with E-state index in [1.807, 2.05) is 6.20 Å². The molecule has 0 bridgehead atoms. The molecule has 0 spiro atoms. The molecule has 2 unspecified atom stereocenters. The van der Waals surface area contributed by atoms with Crippen LogP contribution in [0.25, 0.3) is 0 Å². The van der Waals surface area contributed by atoms with Gasteiger partial charge >= 0.3 is 0 Å². The van der Waals surface area contributed by atoms with E-state index in [9.17, 15) is 4.79 Å². The Morgan fingerprint density at radius 2 is 2.10 bits per heavy atom. The Kier molecular flexibility index (Phi) is 4.73. The van der Waals surface area contributed by atoms with Crippen molar-refractivity contribution in [3.05, 3.63) is 18.2 Å². The molecule has 21 heavy (non-hydrogen) atoms. The molecule has 0 aromatic carbocycles. The first-order chi connectivity index (χ1) is 10.3. The van der Waals surface area contributed by atoms with Crippen molar-refractivity contribution < 1.29 is 4.79 Å². The van der Waals surface area contributed by atoms with Gasteiger partial charge in [0.25, 0.3) is 0 Å². The summed E-state index contributed by atoms with van der Waals surface area (Å²) in [5.74, 6) is 1.94. The molecule has 4 heteroatoms. The standard InChI is InChI=1S/C17H27N3O/c1-2-19-12-10-18-17(19)13-20-11-6-5-8-15(20)14-7-3-4-9-16(14)21/h10,12,14-15H,2-9,11,13H2,1H3. The van der Waals surface area contributed by atoms with Gasteiger partial charge in [-0.25, -0.2) is 4.98 Å². The van der Waals surface area contributed by atoms with Crippen molar-refractivity contribution in [2.45, 2.75) is 71.0 Å². The molecule has 0 radical (unpaired) electrons. The Hall–Kier alpha value is -1.16. The fourth-order valence-corrected chi connectivity index (χ4v) is 4.05. The fraction of sp³-hybridized carbons (Fsp3) is 0.765. The zero-order valence-electron chi connectivity index (χ0n) is 13.1. The van der Waals surface area contributed by atoms with E-state index in [-0.39, 0.29) is 5.92 Å². The van der Waals surface area contributed by atoms with Crippen molar-refractivity contribution >= 4 is 5.78 Å². The molecule has 0 amide bonds. The number of ketones is 1. The van der Waals surface area contributed by atoms with Crippen LogP contribution >= 0.6 is 0 Å². The number of likely N-dealkylation sites (tertiary alicyclic amines) is 1. The number of aromatic nitrogens is 2. The molecule has 3 rings (SSSR count). The molecule has 1 aliphatic heterocycles. The van der Waals surface area contributed by atoms with Gasteiger partial charge in [0.1, 0.15) is 11.6 Å². The zero-order valence-corrected chi connectivity index (χ0v) is 13.1. The number of Topliss-reactive ketones (excluding diaryl/α,β-unsaturated/α-hetero) is 1. The molecular weight excluding hydrogens is 262 g/mol. The smallest absolute Gasteiger partial charge is 0.137 e. The minimum atomic E-state index is 0.282. The second kappa shape index (κ2) is 6.73. The van der Waals surface area contributed by atoms with Crippen LogP contribution in [0.4, 0.5) is 0 Å². The average Bonchev–Trinajstić information content (AvgIpc) is 2.96. The Morgan fingerprint density at radius 1 is 1.24 bits per heavy atom. The number of rotatable bonds is 4. The largest absolute Gasteiger partial charge is 0.334 e. The van der Waals surface area contributed by atoms with Crippen LogP contribution in [0.15, 0.2) is 12.4 Å². The molecule has 1 saturated heterocycles. The second-order valence-electron chi connectivity index (χ2n) is 6.48. The number of piperidine rings is 1. The Labute approximate surface area is 127 Å². The molecule has 116 valence electrons. The first-order valence-corrected chi connectivity index (χ1v) is 8.56. The number of imidazole rings is 1. The number of nitrogens with zero attached hydrogens (tertiary/aromatic N) is 3. The Morgan fingerprint density at radius 3 is 2.90 bits per heavy atom. The number of carbonyl (C=O) groups is 1. The summed E-state index contributed by atoms with van der Waals surface area (Å²) < 4.78 is 2.22. The van der Waals surface area contributed by atoms with Gasteiger partial charge in [-0.1, -0.05) is 12.8 Å². The third-order valence-electron chi connectivity index (χ3n) is 5.22. The molecule has 1 aromatic rings. The lowest BCUT2D eigenvalue weighted by atomic mass is 9.79. The van der Waals surface area contributed by atoms with Gasteiger partial charge in [0.15, 0.2) is 0 Å². The van der Waals surface area contributed by atoms with E-state index in [4.69, 9.17) is 0 Å². The highest BCUT2D eigenvalue weighted by atomic mass is 16.1. The quantitative estimate of drug-likeness (QED) is 0.855. The first-order valence-electron chi connectivity index (χ1n) is 8.56. The van der Waals surface area contributed by atoms with Crippen molar-refractivity contribution in [1.29, 1.82) is 0 Å². The SMILES string of the molecule is CCn1ccnc1CN1CCCCC1C1CCCCC1=O. The van der Waals surface area contributed by atoms with Gasteiger partial charge in [0.05, 0.1) is 6.54 Å². The van der Waals surface area contributed by atoms with Crippen molar-refractivity contribution in [3.63, 3.8) is 0 Å². The third kappa shape index (κ3) is 3.20. The molecule has 1 aromatic heterocycles. The van der Waals surface area contributed by atoms with Crippen molar-refractivity contribution in [2.75, 3.05) is 6.54 Å². The van der Waals surface area contributed by atoms with Gasteiger partial charge in [-0.15, -0.1) is 0 Å². The summed E-state index contributed by atoms with van der Waals surface area (Å²) in [5.41, 5.74) is 0. The van der Waals surface area contributed by atoms with Gasteiger partial charge < -0.3 is 4.57 Å². The van der Waals surface area contributed by atoms with E-state index in [1.165, 1.54) is 25.7 Å². The normalized spacial score (nSPS) is 28.0. The van der Waals surface area contributed by atoms with E-state index >= 15 is 0 Å². The molecule has 2 heterocycles. The summed E-state index contributed by atoms with van der Waals surface area (Å²) in [4.78, 5) is 19.4. The lowest BCUT2D eigenvalue weighted by Crippen LogP contribution is -2.47. The molecule has 1 saturated carbocycles. The topological polar surface area (TPSA) is 38.1 Å². The van der Waals surface area contributed by atoms with Crippen LogP contribution in [-0.2, 0) is 17.9 Å². The van der Waals surface area contributed by atoms with E-state index in [0.717, 1.165) is 44.7 Å². The van der Waals surface area contributed by atoms with Crippen LogP contribution in [-0.4, -0.2) is 32.8 Å². The summed E-state index contributed by atoms with van der Waals surface area (Å²) in [6.45, 7) is 5.14. The lowest BCUT2D eigenvalue weighted by molar-refractivity contribution is -0.127. The summed E-state index contributed by atoms with van der Waals surface area (Å²) in [6.07, 6.45) is 11.9. The number of aryl methyl sites for hydroxylation is 1.